The van der Waals surface area contributed by atoms with Crippen molar-refractivity contribution in [2.75, 3.05) is 18.2 Å². The number of aromatic nitrogens is 2. The number of rotatable bonds is 7. The first-order valence-electron chi connectivity index (χ1n) is 7.97. The van der Waals surface area contributed by atoms with Gasteiger partial charge >= 0.3 is 5.97 Å². The zero-order chi connectivity index (χ0) is 19.1. The van der Waals surface area contributed by atoms with Gasteiger partial charge < -0.3 is 14.8 Å². The Morgan fingerprint density at radius 2 is 1.85 bits per heavy atom. The van der Waals surface area contributed by atoms with Gasteiger partial charge in [-0.3, -0.25) is 9.59 Å². The Morgan fingerprint density at radius 1 is 1.19 bits per heavy atom. The number of benzene rings is 1. The van der Waals surface area contributed by atoms with Gasteiger partial charge in [-0.25, -0.2) is 9.97 Å². The maximum atomic E-state index is 12.2. The molecule has 0 saturated heterocycles. The van der Waals surface area contributed by atoms with E-state index in [9.17, 15) is 9.59 Å². The number of anilines is 1. The lowest BCUT2D eigenvalue weighted by atomic mass is 10.2. The summed E-state index contributed by atoms with van der Waals surface area (Å²) in [4.78, 5) is 32.7. The third-order valence-corrected chi connectivity index (χ3v) is 4.14. The van der Waals surface area contributed by atoms with Crippen LogP contribution in [0.25, 0.3) is 0 Å². The largest absolute Gasteiger partial charge is 0.495 e. The van der Waals surface area contributed by atoms with Crippen LogP contribution in [0.3, 0.4) is 0 Å². The highest BCUT2D eigenvalue weighted by atomic mass is 32.2. The van der Waals surface area contributed by atoms with Crippen molar-refractivity contribution in [2.24, 2.45) is 0 Å². The van der Waals surface area contributed by atoms with E-state index in [1.54, 1.807) is 24.3 Å². The number of nitrogens with one attached hydrogen (secondary N) is 1. The molecule has 0 aliphatic carbocycles. The molecule has 0 saturated carbocycles. The quantitative estimate of drug-likeness (QED) is 0.452. The van der Waals surface area contributed by atoms with E-state index in [0.29, 0.717) is 16.6 Å². The topological polar surface area (TPSA) is 90.4 Å². The molecule has 0 bridgehead atoms. The van der Waals surface area contributed by atoms with Crippen LogP contribution in [0.15, 0.2) is 35.5 Å². The van der Waals surface area contributed by atoms with Crippen molar-refractivity contribution in [3.8, 4) is 5.75 Å². The van der Waals surface area contributed by atoms with Crippen molar-refractivity contribution in [3.05, 3.63) is 41.7 Å². The third kappa shape index (κ3) is 5.73. The molecule has 26 heavy (non-hydrogen) atoms. The number of amides is 1. The van der Waals surface area contributed by atoms with Gasteiger partial charge in [-0.2, -0.15) is 0 Å². The lowest BCUT2D eigenvalue weighted by Crippen LogP contribution is -2.30. The highest BCUT2D eigenvalue weighted by Crippen LogP contribution is 2.23. The summed E-state index contributed by atoms with van der Waals surface area (Å²) in [6.07, 6.45) is -0.937. The van der Waals surface area contributed by atoms with Crippen molar-refractivity contribution in [1.29, 1.82) is 0 Å². The first kappa shape index (κ1) is 19.7. The van der Waals surface area contributed by atoms with E-state index in [0.717, 1.165) is 11.4 Å². The molecule has 138 valence electrons. The molecular weight excluding hydrogens is 354 g/mol. The molecule has 1 aromatic heterocycles. The number of nitrogens with zero attached hydrogens (tertiary/aromatic N) is 2. The number of methoxy groups -OCH3 is 1. The first-order valence-corrected chi connectivity index (χ1v) is 8.96. The lowest BCUT2D eigenvalue weighted by Gasteiger charge is -2.15. The molecule has 0 aliphatic rings. The second kappa shape index (κ2) is 9.19. The number of carbonyl (C=O) groups is 2. The Balaban J connectivity index is 1.86. The van der Waals surface area contributed by atoms with E-state index in [1.807, 2.05) is 19.9 Å². The molecule has 1 aromatic carbocycles. The molecule has 0 radical (unpaired) electrons. The Bertz CT molecular complexity index is 778. The number of aryl methyl sites for hydroxylation is 2. The average molecular weight is 375 g/mol. The zero-order valence-corrected chi connectivity index (χ0v) is 15.9. The molecule has 8 heteroatoms. The summed E-state index contributed by atoms with van der Waals surface area (Å²) >= 11 is 1.17. The molecule has 0 spiro atoms. The van der Waals surface area contributed by atoms with Gasteiger partial charge in [0.1, 0.15) is 5.75 Å². The van der Waals surface area contributed by atoms with Crippen LogP contribution in [0.5, 0.6) is 5.75 Å². The highest BCUT2D eigenvalue weighted by molar-refractivity contribution is 7.99. The minimum atomic E-state index is -0.937. The van der Waals surface area contributed by atoms with E-state index in [1.165, 1.54) is 25.8 Å². The molecule has 0 unspecified atom stereocenters. The number of hydrogen-bond donors (Lipinski definition) is 1. The Labute approximate surface area is 156 Å². The maximum Gasteiger partial charge on any atom is 0.317 e. The molecule has 1 atom stereocenters. The fraction of sp³-hybridized carbons (Fsp3) is 0.333. The normalized spacial score (nSPS) is 11.5. The maximum absolute atomic E-state index is 12.2. The Hall–Kier alpha value is -2.61. The Kier molecular flexibility index (Phi) is 6.97. The van der Waals surface area contributed by atoms with Crippen molar-refractivity contribution in [1.82, 2.24) is 9.97 Å². The van der Waals surface area contributed by atoms with Crippen LogP contribution >= 0.6 is 11.8 Å². The molecule has 1 N–H and O–H groups in total. The van der Waals surface area contributed by atoms with E-state index in [4.69, 9.17) is 9.47 Å². The van der Waals surface area contributed by atoms with Crippen molar-refractivity contribution < 1.29 is 19.1 Å². The van der Waals surface area contributed by atoms with E-state index >= 15 is 0 Å². The number of thioether (sulfide) groups is 1. The summed E-state index contributed by atoms with van der Waals surface area (Å²) in [5, 5.41) is 3.19. The predicted molar refractivity (Wildman–Crippen MR) is 99.4 cm³/mol. The highest BCUT2D eigenvalue weighted by Gasteiger charge is 2.19. The lowest BCUT2D eigenvalue weighted by molar-refractivity contribution is -0.150. The number of ether oxygens (including phenoxy) is 2. The van der Waals surface area contributed by atoms with Crippen LogP contribution in [-0.2, 0) is 14.3 Å². The third-order valence-electron chi connectivity index (χ3n) is 3.32. The van der Waals surface area contributed by atoms with Gasteiger partial charge in [0.05, 0.1) is 18.6 Å². The molecule has 7 nitrogen and oxygen atoms in total. The van der Waals surface area contributed by atoms with Gasteiger partial charge in [0.2, 0.25) is 0 Å². The molecule has 1 amide bonds. The monoisotopic (exact) mass is 375 g/mol. The van der Waals surface area contributed by atoms with E-state index in [-0.39, 0.29) is 5.75 Å². The van der Waals surface area contributed by atoms with Crippen LogP contribution in [0.2, 0.25) is 0 Å². The van der Waals surface area contributed by atoms with Gasteiger partial charge in [-0.05, 0) is 39.0 Å². The van der Waals surface area contributed by atoms with E-state index < -0.39 is 18.0 Å². The second-order valence-corrected chi connectivity index (χ2v) is 6.49. The van der Waals surface area contributed by atoms with E-state index in [2.05, 4.69) is 15.3 Å². The molecule has 0 fully saturated rings. The van der Waals surface area contributed by atoms with Gasteiger partial charge in [-0.1, -0.05) is 23.9 Å². The summed E-state index contributed by atoms with van der Waals surface area (Å²) in [5.41, 5.74) is 2.18. The van der Waals surface area contributed by atoms with Gasteiger partial charge in [0, 0.05) is 11.4 Å². The van der Waals surface area contributed by atoms with Crippen LogP contribution in [0.1, 0.15) is 18.3 Å². The molecule has 2 aromatic rings. The van der Waals surface area contributed by atoms with Crippen LogP contribution in [0, 0.1) is 13.8 Å². The summed E-state index contributed by atoms with van der Waals surface area (Å²) in [6, 6.07) is 8.86. The summed E-state index contributed by atoms with van der Waals surface area (Å²) < 4.78 is 10.3. The molecule has 0 aliphatic heterocycles. The fourth-order valence-electron chi connectivity index (χ4n) is 2.15. The van der Waals surface area contributed by atoms with Crippen LogP contribution < -0.4 is 10.1 Å². The minimum absolute atomic E-state index is 0.0230. The van der Waals surface area contributed by atoms with Crippen LogP contribution in [-0.4, -0.2) is 40.8 Å². The number of esters is 1. The summed E-state index contributed by atoms with van der Waals surface area (Å²) in [5.74, 6) is -0.396. The van der Waals surface area contributed by atoms with Crippen molar-refractivity contribution in [2.45, 2.75) is 32.0 Å². The first-order chi connectivity index (χ1) is 12.4. The number of hydrogen-bond acceptors (Lipinski definition) is 7. The van der Waals surface area contributed by atoms with Crippen LogP contribution in [0.4, 0.5) is 5.69 Å². The van der Waals surface area contributed by atoms with Gasteiger partial charge in [0.25, 0.3) is 5.91 Å². The minimum Gasteiger partial charge on any atom is -0.495 e. The summed E-state index contributed by atoms with van der Waals surface area (Å²) in [6.45, 7) is 5.24. The molecular formula is C18H21N3O4S. The Morgan fingerprint density at radius 3 is 2.50 bits per heavy atom. The molecule has 1 heterocycles. The summed E-state index contributed by atoms with van der Waals surface area (Å²) in [7, 11) is 1.51. The average Bonchev–Trinajstić information content (AvgIpc) is 2.59. The predicted octanol–water partition coefficient (Wildman–Crippen LogP) is 2.76. The van der Waals surface area contributed by atoms with Crippen molar-refractivity contribution in [3.63, 3.8) is 0 Å². The van der Waals surface area contributed by atoms with Gasteiger partial charge in [0.15, 0.2) is 11.3 Å². The number of carbonyl (C=O) groups excluding carboxylic acids is 2. The second-order valence-electron chi connectivity index (χ2n) is 5.54. The molecule has 2 rings (SSSR count). The smallest absolute Gasteiger partial charge is 0.317 e. The fourth-order valence-corrected chi connectivity index (χ4v) is 2.88. The SMILES string of the molecule is COc1ccccc1NC(=O)[C@@H](C)OC(=O)CSc1nc(C)cc(C)n1. The standard InChI is InChI=1S/C18H21N3O4S/c1-11-9-12(2)20-18(19-11)26-10-16(22)25-13(3)17(23)21-14-7-5-6-8-15(14)24-4/h5-9,13H,10H2,1-4H3,(H,21,23)/t13-/m1/s1. The zero-order valence-electron chi connectivity index (χ0n) is 15.1. The van der Waals surface area contributed by atoms with Crippen molar-refractivity contribution >= 4 is 29.3 Å². The number of para-hydroxylation sites is 2. The van der Waals surface area contributed by atoms with Gasteiger partial charge in [-0.15, -0.1) is 0 Å².